The molecule has 0 saturated carbocycles. The molecule has 0 amide bonds. The van der Waals surface area contributed by atoms with Gasteiger partial charge < -0.3 is 14.0 Å². The fourth-order valence-corrected chi connectivity index (χ4v) is 2.05. The number of imidazole rings is 1. The van der Waals surface area contributed by atoms with Crippen molar-refractivity contribution in [2.24, 2.45) is 0 Å². The molecule has 0 aliphatic carbocycles. The first kappa shape index (κ1) is 13.1. The van der Waals surface area contributed by atoms with E-state index in [4.69, 9.17) is 9.47 Å². The Kier molecular flexibility index (Phi) is 4.73. The summed E-state index contributed by atoms with van der Waals surface area (Å²) in [5.74, 6) is 1.06. The number of aryl methyl sites for hydroxylation is 2. The van der Waals surface area contributed by atoms with E-state index in [1.807, 2.05) is 19.1 Å². The fourth-order valence-electron chi connectivity index (χ4n) is 2.05. The van der Waals surface area contributed by atoms with Crippen LogP contribution in [0.2, 0.25) is 0 Å². The first-order valence-electron chi connectivity index (χ1n) is 6.31. The van der Waals surface area contributed by atoms with Crippen molar-refractivity contribution in [1.82, 2.24) is 9.55 Å². The van der Waals surface area contributed by atoms with Crippen LogP contribution >= 0.6 is 0 Å². The molecular formula is C14H20N2O2. The highest BCUT2D eigenvalue weighted by atomic mass is 16.5. The Morgan fingerprint density at radius 3 is 2.83 bits per heavy atom. The maximum atomic E-state index is 5.47. The van der Waals surface area contributed by atoms with Crippen LogP contribution in [0.4, 0.5) is 0 Å². The van der Waals surface area contributed by atoms with Gasteiger partial charge in [0, 0.05) is 20.3 Å². The van der Waals surface area contributed by atoms with E-state index in [-0.39, 0.29) is 0 Å². The summed E-state index contributed by atoms with van der Waals surface area (Å²) in [5, 5.41) is 0. The number of hydrogen-bond acceptors (Lipinski definition) is 3. The van der Waals surface area contributed by atoms with Crippen molar-refractivity contribution in [3.63, 3.8) is 0 Å². The van der Waals surface area contributed by atoms with Crippen molar-refractivity contribution < 1.29 is 9.47 Å². The van der Waals surface area contributed by atoms with Gasteiger partial charge in [0.25, 0.3) is 0 Å². The number of rotatable bonds is 7. The lowest BCUT2D eigenvalue weighted by Gasteiger charge is -2.07. The zero-order chi connectivity index (χ0) is 12.8. The van der Waals surface area contributed by atoms with E-state index in [2.05, 4.69) is 21.7 Å². The van der Waals surface area contributed by atoms with Crippen LogP contribution in [0.25, 0.3) is 11.0 Å². The molecule has 1 heterocycles. The van der Waals surface area contributed by atoms with Crippen molar-refractivity contribution in [2.75, 3.05) is 26.9 Å². The molecule has 2 aromatic rings. The van der Waals surface area contributed by atoms with E-state index in [0.717, 1.165) is 30.9 Å². The molecule has 18 heavy (non-hydrogen) atoms. The lowest BCUT2D eigenvalue weighted by atomic mass is 10.3. The summed E-state index contributed by atoms with van der Waals surface area (Å²) in [7, 11) is 1.68. The molecule has 0 aliphatic rings. The molecular weight excluding hydrogens is 228 g/mol. The third-order valence-corrected chi connectivity index (χ3v) is 2.95. The number of ether oxygens (including phenoxy) is 2. The minimum absolute atomic E-state index is 0.660. The Morgan fingerprint density at radius 1 is 1.17 bits per heavy atom. The number of methoxy groups -OCH3 is 1. The minimum Gasteiger partial charge on any atom is -0.382 e. The predicted octanol–water partition coefficient (Wildman–Crippen LogP) is 2.40. The summed E-state index contributed by atoms with van der Waals surface area (Å²) in [6.07, 6.45) is 0.991. The highest BCUT2D eigenvalue weighted by molar-refractivity contribution is 5.75. The molecule has 1 aromatic carbocycles. The highest BCUT2D eigenvalue weighted by Crippen LogP contribution is 2.15. The molecule has 1 aromatic heterocycles. The number of nitrogens with zero attached hydrogens (tertiary/aromatic N) is 2. The summed E-state index contributed by atoms with van der Waals surface area (Å²) in [4.78, 5) is 4.54. The van der Waals surface area contributed by atoms with Crippen LogP contribution in [0.15, 0.2) is 24.3 Å². The van der Waals surface area contributed by atoms with Crippen molar-refractivity contribution >= 4 is 11.0 Å². The van der Waals surface area contributed by atoms with Crippen LogP contribution in [0.1, 0.15) is 12.2 Å². The zero-order valence-corrected chi connectivity index (χ0v) is 11.1. The molecule has 0 spiro atoms. The second kappa shape index (κ2) is 6.52. The topological polar surface area (TPSA) is 36.3 Å². The molecule has 0 aliphatic heterocycles. The number of benzene rings is 1. The molecule has 0 N–H and O–H groups in total. The molecule has 0 fully saturated rings. The van der Waals surface area contributed by atoms with E-state index < -0.39 is 0 Å². The monoisotopic (exact) mass is 248 g/mol. The van der Waals surface area contributed by atoms with Gasteiger partial charge in [-0.25, -0.2) is 4.98 Å². The Bertz CT molecular complexity index is 493. The molecule has 0 radical (unpaired) electrons. The molecule has 4 heteroatoms. The van der Waals surface area contributed by atoms with Crippen molar-refractivity contribution in [3.05, 3.63) is 30.1 Å². The van der Waals surface area contributed by atoms with E-state index >= 15 is 0 Å². The molecule has 0 bridgehead atoms. The standard InChI is InChI=1S/C14H20N2O2/c1-12-15-13-6-3-4-7-14(13)16(12)8-5-9-18-11-10-17-2/h3-4,6-7H,5,8-11H2,1-2H3. The summed E-state index contributed by atoms with van der Waals surface area (Å²) >= 11 is 0. The second-order valence-corrected chi connectivity index (χ2v) is 4.26. The number of fused-ring (bicyclic) bond motifs is 1. The predicted molar refractivity (Wildman–Crippen MR) is 71.8 cm³/mol. The van der Waals surface area contributed by atoms with Gasteiger partial charge in [-0.15, -0.1) is 0 Å². The second-order valence-electron chi connectivity index (χ2n) is 4.26. The lowest BCUT2D eigenvalue weighted by Crippen LogP contribution is -2.07. The lowest BCUT2D eigenvalue weighted by molar-refractivity contribution is 0.0681. The van der Waals surface area contributed by atoms with Crippen LogP contribution in [-0.4, -0.2) is 36.5 Å². The third kappa shape index (κ3) is 3.09. The van der Waals surface area contributed by atoms with Crippen molar-refractivity contribution in [2.45, 2.75) is 19.9 Å². The molecule has 2 rings (SSSR count). The van der Waals surface area contributed by atoms with Gasteiger partial charge in [-0.1, -0.05) is 12.1 Å². The molecule has 4 nitrogen and oxygen atoms in total. The third-order valence-electron chi connectivity index (χ3n) is 2.95. The molecule has 0 unspecified atom stereocenters. The van der Waals surface area contributed by atoms with Crippen LogP contribution in [-0.2, 0) is 16.0 Å². The fraction of sp³-hybridized carbons (Fsp3) is 0.500. The van der Waals surface area contributed by atoms with E-state index in [0.29, 0.717) is 13.2 Å². The quantitative estimate of drug-likeness (QED) is 0.706. The summed E-state index contributed by atoms with van der Waals surface area (Å²) in [6, 6.07) is 8.23. The highest BCUT2D eigenvalue weighted by Gasteiger charge is 2.05. The Morgan fingerprint density at radius 2 is 2.00 bits per heavy atom. The Balaban J connectivity index is 1.89. The number of aromatic nitrogens is 2. The van der Waals surface area contributed by atoms with Gasteiger partial charge in [-0.3, -0.25) is 0 Å². The maximum absolute atomic E-state index is 5.47. The average molecular weight is 248 g/mol. The molecule has 0 atom stereocenters. The van der Waals surface area contributed by atoms with Gasteiger partial charge in [0.15, 0.2) is 0 Å². The zero-order valence-electron chi connectivity index (χ0n) is 11.1. The normalized spacial score (nSPS) is 11.2. The van der Waals surface area contributed by atoms with Crippen molar-refractivity contribution in [1.29, 1.82) is 0 Å². The maximum Gasteiger partial charge on any atom is 0.106 e. The number of hydrogen-bond donors (Lipinski definition) is 0. The number of para-hydroxylation sites is 2. The minimum atomic E-state index is 0.660. The van der Waals surface area contributed by atoms with Gasteiger partial charge in [0.05, 0.1) is 24.2 Å². The molecule has 0 saturated heterocycles. The van der Waals surface area contributed by atoms with E-state index in [1.165, 1.54) is 5.52 Å². The van der Waals surface area contributed by atoms with Crippen molar-refractivity contribution in [3.8, 4) is 0 Å². The van der Waals surface area contributed by atoms with Gasteiger partial charge in [0.1, 0.15) is 5.82 Å². The van der Waals surface area contributed by atoms with Gasteiger partial charge in [0.2, 0.25) is 0 Å². The summed E-state index contributed by atoms with van der Waals surface area (Å²) < 4.78 is 12.6. The van der Waals surface area contributed by atoms with Gasteiger partial charge in [-0.2, -0.15) is 0 Å². The van der Waals surface area contributed by atoms with E-state index in [9.17, 15) is 0 Å². The first-order valence-corrected chi connectivity index (χ1v) is 6.31. The Hall–Kier alpha value is -1.39. The average Bonchev–Trinajstić information content (AvgIpc) is 2.70. The summed E-state index contributed by atoms with van der Waals surface area (Å²) in [5.41, 5.74) is 2.27. The first-order chi connectivity index (χ1) is 8.83. The van der Waals surface area contributed by atoms with E-state index in [1.54, 1.807) is 7.11 Å². The Labute approximate surface area is 108 Å². The van der Waals surface area contributed by atoms with Crippen LogP contribution < -0.4 is 0 Å². The van der Waals surface area contributed by atoms with Crippen LogP contribution in [0.5, 0.6) is 0 Å². The summed E-state index contributed by atoms with van der Waals surface area (Å²) in [6.45, 7) is 5.08. The van der Waals surface area contributed by atoms with Gasteiger partial charge >= 0.3 is 0 Å². The SMILES string of the molecule is COCCOCCCn1c(C)nc2ccccc21. The van der Waals surface area contributed by atoms with Crippen LogP contribution in [0, 0.1) is 6.92 Å². The molecule has 98 valence electrons. The largest absolute Gasteiger partial charge is 0.382 e. The van der Waals surface area contributed by atoms with Crippen LogP contribution in [0.3, 0.4) is 0 Å². The smallest absolute Gasteiger partial charge is 0.106 e. The van der Waals surface area contributed by atoms with Gasteiger partial charge in [-0.05, 0) is 25.5 Å².